The molecule has 0 aliphatic carbocycles. The molecule has 0 spiro atoms. The highest BCUT2D eigenvalue weighted by Gasteiger charge is 2.18. The number of hydrogen-bond acceptors (Lipinski definition) is 4. The normalized spacial score (nSPS) is 10.4. The third-order valence-electron chi connectivity index (χ3n) is 2.13. The van der Waals surface area contributed by atoms with E-state index in [1.165, 1.54) is 0 Å². The van der Waals surface area contributed by atoms with E-state index in [1.54, 1.807) is 17.0 Å². The SMILES string of the molecule is CCN(C(=O)c1ccc(N)nn1)C(C)C. The Hall–Kier alpha value is -1.65. The van der Waals surface area contributed by atoms with Crippen LogP contribution in [0.25, 0.3) is 0 Å². The molecule has 1 aromatic heterocycles. The van der Waals surface area contributed by atoms with Crippen LogP contribution >= 0.6 is 0 Å². The molecule has 0 bridgehead atoms. The number of anilines is 1. The molecule has 0 saturated heterocycles. The quantitative estimate of drug-likeness (QED) is 0.802. The second-order valence-corrected chi connectivity index (χ2v) is 3.53. The van der Waals surface area contributed by atoms with Gasteiger partial charge in [0, 0.05) is 12.6 Å². The van der Waals surface area contributed by atoms with Gasteiger partial charge in [-0.1, -0.05) is 0 Å². The van der Waals surface area contributed by atoms with Gasteiger partial charge in [-0.3, -0.25) is 4.79 Å². The fourth-order valence-corrected chi connectivity index (χ4v) is 1.35. The molecule has 0 unspecified atom stereocenters. The minimum absolute atomic E-state index is 0.111. The van der Waals surface area contributed by atoms with Gasteiger partial charge in [0.1, 0.15) is 5.82 Å². The summed E-state index contributed by atoms with van der Waals surface area (Å²) in [5.74, 6) is 0.208. The first-order chi connectivity index (χ1) is 7.06. The first kappa shape index (κ1) is 11.4. The highest BCUT2D eigenvalue weighted by molar-refractivity contribution is 5.92. The monoisotopic (exact) mass is 208 g/mol. The number of carbonyl (C=O) groups is 1. The third-order valence-corrected chi connectivity index (χ3v) is 2.13. The molecule has 0 aliphatic heterocycles. The number of nitrogen functional groups attached to an aromatic ring is 1. The molecule has 15 heavy (non-hydrogen) atoms. The van der Waals surface area contributed by atoms with E-state index in [0.29, 0.717) is 18.1 Å². The van der Waals surface area contributed by atoms with Crippen molar-refractivity contribution in [2.75, 3.05) is 12.3 Å². The zero-order valence-electron chi connectivity index (χ0n) is 9.27. The first-order valence-corrected chi connectivity index (χ1v) is 4.96. The maximum absolute atomic E-state index is 11.9. The summed E-state index contributed by atoms with van der Waals surface area (Å²) in [5.41, 5.74) is 5.73. The summed E-state index contributed by atoms with van der Waals surface area (Å²) in [4.78, 5) is 13.6. The fourth-order valence-electron chi connectivity index (χ4n) is 1.35. The molecule has 1 rings (SSSR count). The lowest BCUT2D eigenvalue weighted by Crippen LogP contribution is -2.37. The Morgan fingerprint density at radius 3 is 2.53 bits per heavy atom. The molecule has 5 heteroatoms. The Balaban J connectivity index is 2.88. The predicted molar refractivity (Wildman–Crippen MR) is 58.3 cm³/mol. The second-order valence-electron chi connectivity index (χ2n) is 3.53. The van der Waals surface area contributed by atoms with Crippen LogP contribution in [0.3, 0.4) is 0 Å². The average Bonchev–Trinajstić information content (AvgIpc) is 2.19. The maximum atomic E-state index is 11.9. The summed E-state index contributed by atoms with van der Waals surface area (Å²) in [7, 11) is 0. The van der Waals surface area contributed by atoms with Crippen LogP contribution in [0.4, 0.5) is 5.82 Å². The highest BCUT2D eigenvalue weighted by atomic mass is 16.2. The van der Waals surface area contributed by atoms with Gasteiger partial charge in [0.15, 0.2) is 5.69 Å². The second kappa shape index (κ2) is 4.72. The van der Waals surface area contributed by atoms with Gasteiger partial charge in [-0.05, 0) is 32.9 Å². The largest absolute Gasteiger partial charge is 0.382 e. The topological polar surface area (TPSA) is 72.1 Å². The summed E-state index contributed by atoms with van der Waals surface area (Å²) in [6.45, 7) is 6.52. The molecular formula is C10H16N4O. The lowest BCUT2D eigenvalue weighted by atomic mass is 10.2. The summed E-state index contributed by atoms with van der Waals surface area (Å²) < 4.78 is 0. The first-order valence-electron chi connectivity index (χ1n) is 4.96. The highest BCUT2D eigenvalue weighted by Crippen LogP contribution is 2.06. The smallest absolute Gasteiger partial charge is 0.274 e. The molecule has 0 radical (unpaired) electrons. The van der Waals surface area contributed by atoms with E-state index in [9.17, 15) is 4.79 Å². The lowest BCUT2D eigenvalue weighted by molar-refractivity contribution is 0.0710. The molecule has 2 N–H and O–H groups in total. The van der Waals surface area contributed by atoms with E-state index in [4.69, 9.17) is 5.73 Å². The van der Waals surface area contributed by atoms with Gasteiger partial charge in [0.2, 0.25) is 0 Å². The van der Waals surface area contributed by atoms with Crippen LogP contribution in [0.1, 0.15) is 31.3 Å². The molecule has 0 fully saturated rings. The Morgan fingerprint density at radius 1 is 1.47 bits per heavy atom. The van der Waals surface area contributed by atoms with Gasteiger partial charge in [-0.2, -0.15) is 0 Å². The van der Waals surface area contributed by atoms with Crippen molar-refractivity contribution < 1.29 is 4.79 Å². The van der Waals surface area contributed by atoms with Crippen molar-refractivity contribution in [1.82, 2.24) is 15.1 Å². The summed E-state index contributed by atoms with van der Waals surface area (Å²) in [6.07, 6.45) is 0. The fraction of sp³-hybridized carbons (Fsp3) is 0.500. The molecule has 1 heterocycles. The van der Waals surface area contributed by atoms with E-state index < -0.39 is 0 Å². The van der Waals surface area contributed by atoms with E-state index >= 15 is 0 Å². The minimum Gasteiger partial charge on any atom is -0.382 e. The van der Waals surface area contributed by atoms with Crippen molar-refractivity contribution in [3.05, 3.63) is 17.8 Å². The molecule has 1 amide bonds. The van der Waals surface area contributed by atoms with Crippen molar-refractivity contribution >= 4 is 11.7 Å². The van der Waals surface area contributed by atoms with E-state index in [1.807, 2.05) is 20.8 Å². The standard InChI is InChI=1S/C10H16N4O/c1-4-14(7(2)3)10(15)8-5-6-9(11)13-12-8/h5-7H,4H2,1-3H3,(H2,11,13). The molecule has 0 aliphatic rings. The zero-order chi connectivity index (χ0) is 11.4. The Kier molecular flexibility index (Phi) is 3.60. The zero-order valence-corrected chi connectivity index (χ0v) is 9.27. The van der Waals surface area contributed by atoms with Gasteiger partial charge in [-0.25, -0.2) is 0 Å². The van der Waals surface area contributed by atoms with Crippen LogP contribution in [-0.4, -0.2) is 33.6 Å². The number of amides is 1. The van der Waals surface area contributed by atoms with Gasteiger partial charge in [0.05, 0.1) is 0 Å². The number of rotatable bonds is 3. The lowest BCUT2D eigenvalue weighted by Gasteiger charge is -2.24. The minimum atomic E-state index is -0.111. The van der Waals surface area contributed by atoms with Crippen LogP contribution in [0.2, 0.25) is 0 Å². The van der Waals surface area contributed by atoms with Crippen molar-refractivity contribution in [2.45, 2.75) is 26.8 Å². The molecule has 82 valence electrons. The van der Waals surface area contributed by atoms with E-state index in [0.717, 1.165) is 0 Å². The van der Waals surface area contributed by atoms with E-state index in [2.05, 4.69) is 10.2 Å². The summed E-state index contributed by atoms with van der Waals surface area (Å²) >= 11 is 0. The Bertz CT molecular complexity index is 334. The average molecular weight is 208 g/mol. The van der Waals surface area contributed by atoms with Crippen LogP contribution in [0.15, 0.2) is 12.1 Å². The van der Waals surface area contributed by atoms with Crippen molar-refractivity contribution in [3.8, 4) is 0 Å². The summed E-state index contributed by atoms with van der Waals surface area (Å²) in [5, 5.41) is 7.42. The third kappa shape index (κ3) is 2.65. The number of nitrogens with two attached hydrogens (primary N) is 1. The van der Waals surface area contributed by atoms with Crippen LogP contribution in [-0.2, 0) is 0 Å². The van der Waals surface area contributed by atoms with Crippen LogP contribution < -0.4 is 5.73 Å². The van der Waals surface area contributed by atoms with Crippen molar-refractivity contribution in [3.63, 3.8) is 0 Å². The number of nitrogens with zero attached hydrogens (tertiary/aromatic N) is 3. The molecule has 0 atom stereocenters. The molecular weight excluding hydrogens is 192 g/mol. The molecule has 1 aromatic rings. The van der Waals surface area contributed by atoms with E-state index in [-0.39, 0.29) is 11.9 Å². The van der Waals surface area contributed by atoms with Gasteiger partial charge in [0.25, 0.3) is 5.91 Å². The van der Waals surface area contributed by atoms with Gasteiger partial charge < -0.3 is 10.6 Å². The number of aromatic nitrogens is 2. The van der Waals surface area contributed by atoms with Crippen molar-refractivity contribution in [1.29, 1.82) is 0 Å². The predicted octanol–water partition coefficient (Wildman–Crippen LogP) is 0.929. The van der Waals surface area contributed by atoms with Gasteiger partial charge >= 0.3 is 0 Å². The Labute approximate surface area is 89.3 Å². The maximum Gasteiger partial charge on any atom is 0.274 e. The van der Waals surface area contributed by atoms with Crippen LogP contribution in [0, 0.1) is 0 Å². The van der Waals surface area contributed by atoms with Crippen LogP contribution in [0.5, 0.6) is 0 Å². The Morgan fingerprint density at radius 2 is 2.13 bits per heavy atom. The number of carbonyl (C=O) groups excluding carboxylic acids is 1. The molecule has 0 saturated carbocycles. The number of hydrogen-bond donors (Lipinski definition) is 1. The molecule has 5 nitrogen and oxygen atoms in total. The molecule has 0 aromatic carbocycles. The van der Waals surface area contributed by atoms with Crippen molar-refractivity contribution in [2.24, 2.45) is 0 Å². The summed E-state index contributed by atoms with van der Waals surface area (Å²) in [6, 6.07) is 3.33. The van der Waals surface area contributed by atoms with Gasteiger partial charge in [-0.15, -0.1) is 10.2 Å².